The van der Waals surface area contributed by atoms with E-state index in [0.29, 0.717) is 29.6 Å². The van der Waals surface area contributed by atoms with Crippen LogP contribution >= 0.6 is 0 Å². The Labute approximate surface area is 171 Å². The third-order valence-electron chi connectivity index (χ3n) is 5.42. The maximum absolute atomic E-state index is 9.71. The zero-order valence-corrected chi connectivity index (χ0v) is 16.7. The van der Waals surface area contributed by atoms with Crippen molar-refractivity contribution >= 4 is 5.82 Å². The van der Waals surface area contributed by atoms with Crippen LogP contribution in [-0.2, 0) is 4.74 Å². The Morgan fingerprint density at radius 1 is 1.28 bits per heavy atom. The maximum atomic E-state index is 9.71. The fraction of sp³-hybridized carbons (Fsp3) is 0.455. The number of hydrogen-bond donors (Lipinski definition) is 1. The fourth-order valence-electron chi connectivity index (χ4n) is 3.64. The molecule has 2 aromatic rings. The number of ether oxygens (including phenoxy) is 3. The van der Waals surface area contributed by atoms with Gasteiger partial charge in [0.25, 0.3) is 0 Å². The number of para-hydroxylation sites is 1. The summed E-state index contributed by atoms with van der Waals surface area (Å²) >= 11 is 0. The molecule has 7 nitrogen and oxygen atoms in total. The molecule has 29 heavy (non-hydrogen) atoms. The van der Waals surface area contributed by atoms with Gasteiger partial charge in [-0.2, -0.15) is 5.26 Å². The lowest BCUT2D eigenvalue weighted by molar-refractivity contribution is 0.0321. The van der Waals surface area contributed by atoms with Crippen LogP contribution in [0.2, 0.25) is 0 Å². The second-order valence-corrected chi connectivity index (χ2v) is 7.38. The Hall–Kier alpha value is -2.82. The minimum Gasteiger partial charge on any atom is -0.493 e. The lowest BCUT2D eigenvalue weighted by Crippen LogP contribution is -2.38. The first-order valence-corrected chi connectivity index (χ1v) is 10.0. The molecule has 0 spiro atoms. The number of rotatable bonds is 7. The highest BCUT2D eigenvalue weighted by molar-refractivity contribution is 5.81. The number of methoxy groups -OCH3 is 1. The second kappa shape index (κ2) is 8.68. The van der Waals surface area contributed by atoms with Crippen LogP contribution in [0.15, 0.2) is 24.3 Å². The molecule has 0 unspecified atom stereocenters. The highest BCUT2D eigenvalue weighted by Gasteiger charge is 2.28. The van der Waals surface area contributed by atoms with Crippen molar-refractivity contribution in [1.82, 2.24) is 9.88 Å². The molecule has 0 amide bonds. The molecule has 1 aliphatic carbocycles. The standard InChI is InChI=1S/C22H26N4O3/c1-27-20-4-2-3-16(21(20)29-12-9-26-7-10-28-11-8-26)17-13-19(15-5-6-15)25-22(24)18(17)14-23/h2-4,13,15H,5-12H2,1H3,(H2,24,25). The topological polar surface area (TPSA) is 93.6 Å². The van der Waals surface area contributed by atoms with E-state index in [1.165, 1.54) is 0 Å². The number of nitrogens with zero attached hydrogens (tertiary/aromatic N) is 3. The van der Waals surface area contributed by atoms with E-state index in [1.807, 2.05) is 24.3 Å². The Balaban J connectivity index is 1.66. The zero-order valence-electron chi connectivity index (χ0n) is 16.7. The van der Waals surface area contributed by atoms with Gasteiger partial charge in [0.15, 0.2) is 11.5 Å². The highest BCUT2D eigenvalue weighted by Crippen LogP contribution is 2.44. The predicted molar refractivity (Wildman–Crippen MR) is 110 cm³/mol. The summed E-state index contributed by atoms with van der Waals surface area (Å²) in [5, 5.41) is 9.71. The number of pyridine rings is 1. The molecule has 7 heteroatoms. The van der Waals surface area contributed by atoms with Crippen LogP contribution in [0.4, 0.5) is 5.82 Å². The maximum Gasteiger partial charge on any atom is 0.169 e. The lowest BCUT2D eigenvalue weighted by Gasteiger charge is -2.26. The molecule has 1 aromatic heterocycles. The Morgan fingerprint density at radius 3 is 2.76 bits per heavy atom. The SMILES string of the molecule is COc1cccc(-c2cc(C3CC3)nc(N)c2C#N)c1OCCN1CCOCC1. The first kappa shape index (κ1) is 19.5. The van der Waals surface area contributed by atoms with E-state index in [4.69, 9.17) is 19.9 Å². The summed E-state index contributed by atoms with van der Waals surface area (Å²) in [5.74, 6) is 1.97. The van der Waals surface area contributed by atoms with E-state index in [9.17, 15) is 5.26 Å². The molecule has 2 N–H and O–H groups in total. The van der Waals surface area contributed by atoms with Crippen molar-refractivity contribution < 1.29 is 14.2 Å². The molecule has 0 radical (unpaired) electrons. The minimum atomic E-state index is 0.272. The van der Waals surface area contributed by atoms with E-state index in [2.05, 4.69) is 16.0 Å². The molecule has 0 atom stereocenters. The lowest BCUT2D eigenvalue weighted by atomic mass is 9.98. The summed E-state index contributed by atoms with van der Waals surface area (Å²) in [6.07, 6.45) is 2.22. The Kier molecular flexibility index (Phi) is 5.84. The zero-order chi connectivity index (χ0) is 20.2. The summed E-state index contributed by atoms with van der Waals surface area (Å²) < 4.78 is 17.1. The van der Waals surface area contributed by atoms with Crippen molar-refractivity contribution in [1.29, 1.82) is 5.26 Å². The fourth-order valence-corrected chi connectivity index (χ4v) is 3.64. The molecule has 2 aliphatic rings. The molecule has 2 fully saturated rings. The third-order valence-corrected chi connectivity index (χ3v) is 5.42. The van der Waals surface area contributed by atoms with Gasteiger partial charge in [0, 0.05) is 42.4 Å². The van der Waals surface area contributed by atoms with Gasteiger partial charge in [0.1, 0.15) is 24.1 Å². The Morgan fingerprint density at radius 2 is 2.07 bits per heavy atom. The van der Waals surface area contributed by atoms with Gasteiger partial charge in [-0.3, -0.25) is 4.90 Å². The summed E-state index contributed by atoms with van der Waals surface area (Å²) in [6.45, 7) is 4.65. The largest absolute Gasteiger partial charge is 0.493 e. The van der Waals surface area contributed by atoms with Gasteiger partial charge in [-0.25, -0.2) is 4.98 Å². The van der Waals surface area contributed by atoms with Gasteiger partial charge in [-0.1, -0.05) is 12.1 Å². The van der Waals surface area contributed by atoms with Crippen LogP contribution in [-0.4, -0.2) is 56.4 Å². The van der Waals surface area contributed by atoms with Crippen LogP contribution in [0.3, 0.4) is 0 Å². The number of aromatic nitrogens is 1. The first-order valence-electron chi connectivity index (χ1n) is 10.0. The highest BCUT2D eigenvalue weighted by atomic mass is 16.5. The number of nitrogens with two attached hydrogens (primary N) is 1. The van der Waals surface area contributed by atoms with E-state index >= 15 is 0 Å². The average molecular weight is 394 g/mol. The van der Waals surface area contributed by atoms with Crippen LogP contribution in [0.1, 0.15) is 30.0 Å². The number of benzene rings is 1. The van der Waals surface area contributed by atoms with E-state index in [0.717, 1.165) is 62.5 Å². The average Bonchev–Trinajstić information content (AvgIpc) is 3.59. The molecule has 1 saturated heterocycles. The summed E-state index contributed by atoms with van der Waals surface area (Å²) in [6, 6.07) is 9.91. The van der Waals surface area contributed by atoms with Gasteiger partial charge in [0.05, 0.1) is 20.3 Å². The summed E-state index contributed by atoms with van der Waals surface area (Å²) in [7, 11) is 1.62. The number of hydrogen-bond acceptors (Lipinski definition) is 7. The summed E-state index contributed by atoms with van der Waals surface area (Å²) in [4.78, 5) is 6.77. The number of nitriles is 1. The molecule has 152 valence electrons. The number of morpholine rings is 1. The molecule has 1 saturated carbocycles. The van der Waals surface area contributed by atoms with Crippen molar-refractivity contribution in [3.8, 4) is 28.7 Å². The molecule has 1 aliphatic heterocycles. The molecule has 0 bridgehead atoms. The number of nitrogen functional groups attached to an aromatic ring is 1. The van der Waals surface area contributed by atoms with Crippen LogP contribution in [0.5, 0.6) is 11.5 Å². The monoisotopic (exact) mass is 394 g/mol. The minimum absolute atomic E-state index is 0.272. The molecule has 2 heterocycles. The van der Waals surface area contributed by atoms with Gasteiger partial charge in [-0.15, -0.1) is 0 Å². The van der Waals surface area contributed by atoms with Crippen molar-refractivity contribution in [2.24, 2.45) is 0 Å². The van der Waals surface area contributed by atoms with Crippen molar-refractivity contribution in [2.75, 3.05) is 52.3 Å². The van der Waals surface area contributed by atoms with Crippen LogP contribution < -0.4 is 15.2 Å². The van der Waals surface area contributed by atoms with Crippen molar-refractivity contribution in [2.45, 2.75) is 18.8 Å². The molecular weight excluding hydrogens is 368 g/mol. The van der Waals surface area contributed by atoms with Crippen LogP contribution in [0, 0.1) is 11.3 Å². The van der Waals surface area contributed by atoms with Crippen molar-refractivity contribution in [3.05, 3.63) is 35.5 Å². The van der Waals surface area contributed by atoms with E-state index < -0.39 is 0 Å². The van der Waals surface area contributed by atoms with Crippen LogP contribution in [0.25, 0.3) is 11.1 Å². The second-order valence-electron chi connectivity index (χ2n) is 7.38. The quantitative estimate of drug-likeness (QED) is 0.772. The molecular formula is C22H26N4O3. The molecule has 1 aromatic carbocycles. The van der Waals surface area contributed by atoms with Gasteiger partial charge >= 0.3 is 0 Å². The predicted octanol–water partition coefficient (Wildman–Crippen LogP) is 2.80. The van der Waals surface area contributed by atoms with Gasteiger partial charge in [0.2, 0.25) is 0 Å². The molecule has 4 rings (SSSR count). The van der Waals surface area contributed by atoms with E-state index in [1.54, 1.807) is 7.11 Å². The van der Waals surface area contributed by atoms with E-state index in [-0.39, 0.29) is 5.82 Å². The van der Waals surface area contributed by atoms with Crippen molar-refractivity contribution in [3.63, 3.8) is 0 Å². The number of anilines is 1. The normalized spacial score (nSPS) is 17.0. The third kappa shape index (κ3) is 4.29. The smallest absolute Gasteiger partial charge is 0.169 e. The Bertz CT molecular complexity index is 915. The van der Waals surface area contributed by atoms with Gasteiger partial charge < -0.3 is 19.9 Å². The van der Waals surface area contributed by atoms with Gasteiger partial charge in [-0.05, 0) is 25.0 Å². The first-order chi connectivity index (χ1) is 14.2. The summed E-state index contributed by atoms with van der Waals surface area (Å²) in [5.41, 5.74) is 9.00.